The highest BCUT2D eigenvalue weighted by atomic mass is 32.2. The topological polar surface area (TPSA) is 87.7 Å². The van der Waals surface area contributed by atoms with Gasteiger partial charge in [0.15, 0.2) is 5.82 Å². The Kier molecular flexibility index (Phi) is 4.02. The normalized spacial score (nSPS) is 11.5. The van der Waals surface area contributed by atoms with Gasteiger partial charge in [-0.2, -0.15) is 5.10 Å². The molecule has 0 saturated heterocycles. The van der Waals surface area contributed by atoms with E-state index in [2.05, 4.69) is 19.9 Å². The van der Waals surface area contributed by atoms with Gasteiger partial charge in [-0.05, 0) is 31.2 Å². The van der Waals surface area contributed by atoms with Crippen molar-refractivity contribution in [2.45, 2.75) is 11.8 Å². The first kappa shape index (κ1) is 16.1. The summed E-state index contributed by atoms with van der Waals surface area (Å²) in [7, 11) is -4.13. The van der Waals surface area contributed by atoms with E-state index in [-0.39, 0.29) is 5.69 Å². The van der Waals surface area contributed by atoms with E-state index in [9.17, 15) is 17.2 Å². The molecule has 0 radical (unpaired) electrons. The lowest BCUT2D eigenvalue weighted by atomic mass is 10.2. The molecule has 2 aromatic carbocycles. The van der Waals surface area contributed by atoms with Crippen LogP contribution in [0.5, 0.6) is 0 Å². The number of H-pyrrole nitrogens is 1. The lowest BCUT2D eigenvalue weighted by Gasteiger charge is -2.09. The second-order valence-corrected chi connectivity index (χ2v) is 6.72. The molecule has 2 N–H and O–H groups in total. The van der Waals surface area contributed by atoms with Crippen molar-refractivity contribution in [1.82, 2.24) is 15.2 Å². The Bertz CT molecular complexity index is 982. The molecule has 9 heteroatoms. The minimum absolute atomic E-state index is 0.222. The first-order valence-corrected chi connectivity index (χ1v) is 8.30. The van der Waals surface area contributed by atoms with Gasteiger partial charge >= 0.3 is 0 Å². The molecule has 0 saturated carbocycles. The van der Waals surface area contributed by atoms with Crippen LogP contribution in [0.4, 0.5) is 14.5 Å². The summed E-state index contributed by atoms with van der Waals surface area (Å²) in [5, 5.41) is 6.68. The Morgan fingerprint density at radius 3 is 2.42 bits per heavy atom. The maximum Gasteiger partial charge on any atom is 0.262 e. The summed E-state index contributed by atoms with van der Waals surface area (Å²) in [5.41, 5.74) is 0.810. The first-order chi connectivity index (χ1) is 11.3. The van der Waals surface area contributed by atoms with Crippen molar-refractivity contribution in [3.8, 4) is 11.4 Å². The van der Waals surface area contributed by atoms with Crippen LogP contribution in [0.15, 0.2) is 47.4 Å². The third-order valence-electron chi connectivity index (χ3n) is 3.12. The molecule has 0 fully saturated rings. The molecule has 6 nitrogen and oxygen atoms in total. The fourth-order valence-corrected chi connectivity index (χ4v) is 3.18. The summed E-state index contributed by atoms with van der Waals surface area (Å²) in [6.07, 6.45) is 0. The van der Waals surface area contributed by atoms with E-state index in [4.69, 9.17) is 0 Å². The van der Waals surface area contributed by atoms with Crippen molar-refractivity contribution in [2.24, 2.45) is 0 Å². The van der Waals surface area contributed by atoms with Gasteiger partial charge in [-0.3, -0.25) is 9.82 Å². The smallest absolute Gasteiger partial charge is 0.262 e. The highest BCUT2D eigenvalue weighted by molar-refractivity contribution is 7.92. The van der Waals surface area contributed by atoms with Crippen molar-refractivity contribution in [2.75, 3.05) is 4.72 Å². The van der Waals surface area contributed by atoms with E-state index in [1.807, 2.05) is 0 Å². The summed E-state index contributed by atoms with van der Waals surface area (Å²) < 4.78 is 53.3. The Morgan fingerprint density at radius 2 is 1.79 bits per heavy atom. The second kappa shape index (κ2) is 6.00. The Balaban J connectivity index is 1.93. The molecule has 124 valence electrons. The lowest BCUT2D eigenvalue weighted by molar-refractivity contribution is 0.568. The van der Waals surface area contributed by atoms with Gasteiger partial charge < -0.3 is 0 Å². The molecule has 0 aliphatic rings. The third-order valence-corrected chi connectivity index (χ3v) is 4.48. The van der Waals surface area contributed by atoms with E-state index in [1.165, 1.54) is 12.1 Å². The highest BCUT2D eigenvalue weighted by Crippen LogP contribution is 2.22. The fraction of sp³-hybridized carbons (Fsp3) is 0.0667. The lowest BCUT2D eigenvalue weighted by Crippen LogP contribution is -2.13. The molecule has 0 unspecified atom stereocenters. The van der Waals surface area contributed by atoms with Crippen LogP contribution >= 0.6 is 0 Å². The summed E-state index contributed by atoms with van der Waals surface area (Å²) in [5.74, 6) is -0.919. The molecule has 0 bridgehead atoms. The molecule has 0 aliphatic carbocycles. The van der Waals surface area contributed by atoms with Gasteiger partial charge in [0.25, 0.3) is 10.0 Å². The number of hydrogen-bond donors (Lipinski definition) is 2. The number of benzene rings is 2. The van der Waals surface area contributed by atoms with Gasteiger partial charge in [-0.25, -0.2) is 22.2 Å². The van der Waals surface area contributed by atoms with E-state index in [0.29, 0.717) is 23.3 Å². The molecule has 0 spiro atoms. The van der Waals surface area contributed by atoms with Crippen LogP contribution in [-0.2, 0) is 10.0 Å². The molecular formula is C15H12F2N4O2S. The van der Waals surface area contributed by atoms with Gasteiger partial charge in [0.1, 0.15) is 17.5 Å². The monoisotopic (exact) mass is 350 g/mol. The molecule has 24 heavy (non-hydrogen) atoms. The summed E-state index contributed by atoms with van der Waals surface area (Å²) in [6, 6.07) is 8.45. The molecule has 0 atom stereocenters. The molecule has 3 rings (SSSR count). The van der Waals surface area contributed by atoms with Gasteiger partial charge in [0, 0.05) is 17.3 Å². The molecule has 1 aromatic heterocycles. The number of nitrogens with one attached hydrogen (secondary N) is 2. The third kappa shape index (κ3) is 3.40. The maximum atomic E-state index is 13.2. The molecule has 0 aliphatic heterocycles. The summed E-state index contributed by atoms with van der Waals surface area (Å²) in [6.45, 7) is 1.74. The van der Waals surface area contributed by atoms with Crippen molar-refractivity contribution < 1.29 is 17.2 Å². The fourth-order valence-electron chi connectivity index (χ4n) is 2.09. The quantitative estimate of drug-likeness (QED) is 0.757. The minimum Gasteiger partial charge on any atom is -0.280 e. The summed E-state index contributed by atoms with van der Waals surface area (Å²) in [4.78, 5) is 3.66. The first-order valence-electron chi connectivity index (χ1n) is 6.82. The van der Waals surface area contributed by atoms with Gasteiger partial charge in [-0.15, -0.1) is 0 Å². The maximum absolute atomic E-state index is 13.2. The number of hydrogen-bond acceptors (Lipinski definition) is 4. The van der Waals surface area contributed by atoms with E-state index >= 15 is 0 Å². The number of aromatic amines is 1. The molecule has 1 heterocycles. The van der Waals surface area contributed by atoms with Crippen LogP contribution < -0.4 is 4.72 Å². The largest absolute Gasteiger partial charge is 0.280 e. The average molecular weight is 350 g/mol. The summed E-state index contributed by atoms with van der Waals surface area (Å²) >= 11 is 0. The van der Waals surface area contributed by atoms with Crippen LogP contribution in [0.25, 0.3) is 11.4 Å². The van der Waals surface area contributed by atoms with Crippen LogP contribution in [-0.4, -0.2) is 23.6 Å². The second-order valence-electron chi connectivity index (χ2n) is 5.04. The van der Waals surface area contributed by atoms with Crippen LogP contribution in [0.2, 0.25) is 0 Å². The van der Waals surface area contributed by atoms with E-state index < -0.39 is 26.6 Å². The number of anilines is 1. The van der Waals surface area contributed by atoms with E-state index in [0.717, 1.165) is 12.1 Å². The zero-order valence-corrected chi connectivity index (χ0v) is 13.2. The number of nitrogens with zero attached hydrogens (tertiary/aromatic N) is 2. The van der Waals surface area contributed by atoms with Crippen LogP contribution in [0, 0.1) is 18.6 Å². The standard InChI is InChI=1S/C15H12F2N4O2S/c1-9-18-15(20-19-9)10-3-2-4-13(5-10)21-24(22,23)14-7-11(16)6-12(17)8-14/h2-8,21H,1H3,(H,18,19,20). The highest BCUT2D eigenvalue weighted by Gasteiger charge is 2.17. The Morgan fingerprint density at radius 1 is 1.08 bits per heavy atom. The molecule has 3 aromatic rings. The number of aryl methyl sites for hydroxylation is 1. The van der Waals surface area contributed by atoms with Crippen molar-refractivity contribution in [1.29, 1.82) is 0 Å². The molecular weight excluding hydrogens is 338 g/mol. The number of aromatic nitrogens is 3. The Hall–Kier alpha value is -2.81. The predicted octanol–water partition coefficient (Wildman–Crippen LogP) is 2.86. The van der Waals surface area contributed by atoms with Crippen molar-refractivity contribution >= 4 is 15.7 Å². The molecule has 0 amide bonds. The van der Waals surface area contributed by atoms with Gasteiger partial charge in [-0.1, -0.05) is 12.1 Å². The van der Waals surface area contributed by atoms with Gasteiger partial charge in [0.05, 0.1) is 4.90 Å². The van der Waals surface area contributed by atoms with Gasteiger partial charge in [0.2, 0.25) is 0 Å². The van der Waals surface area contributed by atoms with Crippen molar-refractivity contribution in [3.05, 3.63) is 59.9 Å². The van der Waals surface area contributed by atoms with E-state index in [1.54, 1.807) is 19.1 Å². The van der Waals surface area contributed by atoms with Crippen molar-refractivity contribution in [3.63, 3.8) is 0 Å². The number of rotatable bonds is 4. The zero-order chi connectivity index (χ0) is 17.3. The van der Waals surface area contributed by atoms with Crippen LogP contribution in [0.1, 0.15) is 5.82 Å². The Labute approximate surface area is 136 Å². The number of sulfonamides is 1. The van der Waals surface area contributed by atoms with Crippen LogP contribution in [0.3, 0.4) is 0 Å². The minimum atomic E-state index is -4.13. The average Bonchev–Trinajstić information content (AvgIpc) is 2.93. The predicted molar refractivity (Wildman–Crippen MR) is 83.7 cm³/mol. The number of halogens is 2. The SMILES string of the molecule is Cc1nc(-c2cccc(NS(=O)(=O)c3cc(F)cc(F)c3)c2)n[nH]1. The zero-order valence-electron chi connectivity index (χ0n) is 12.4.